The Labute approximate surface area is 170 Å². The Kier molecular flexibility index (Phi) is 4.84. The van der Waals surface area contributed by atoms with Crippen molar-refractivity contribution in [3.63, 3.8) is 0 Å². The predicted octanol–water partition coefficient (Wildman–Crippen LogP) is 3.11. The van der Waals surface area contributed by atoms with E-state index in [-0.39, 0.29) is 33.4 Å². The second-order valence-electron chi connectivity index (χ2n) is 6.71. The Morgan fingerprint density at radius 3 is 2.60 bits per heavy atom. The summed E-state index contributed by atoms with van der Waals surface area (Å²) in [5, 5.41) is 3.42. The van der Waals surface area contributed by atoms with Crippen molar-refractivity contribution < 1.29 is 25.8 Å². The number of sulfone groups is 1. The number of fused-ring (bicyclic) bond motifs is 1. The summed E-state index contributed by atoms with van der Waals surface area (Å²) in [6.07, 6.45) is -1.30. The van der Waals surface area contributed by atoms with Crippen LogP contribution in [0.4, 0.5) is 18.9 Å². The van der Waals surface area contributed by atoms with Crippen LogP contribution in [-0.4, -0.2) is 49.5 Å². The van der Waals surface area contributed by atoms with Gasteiger partial charge in [0.05, 0.1) is 38.0 Å². The molecule has 0 saturated carbocycles. The van der Waals surface area contributed by atoms with Crippen LogP contribution in [0.1, 0.15) is 19.0 Å². The fourth-order valence-corrected chi connectivity index (χ4v) is 5.41. The van der Waals surface area contributed by atoms with Crippen LogP contribution in [0.15, 0.2) is 39.9 Å². The van der Waals surface area contributed by atoms with E-state index >= 15 is 0 Å². The van der Waals surface area contributed by atoms with E-state index in [1.807, 2.05) is 0 Å². The highest BCUT2D eigenvalue weighted by molar-refractivity contribution is 7.95. The van der Waals surface area contributed by atoms with E-state index in [0.717, 1.165) is 17.0 Å². The third-order valence-electron chi connectivity index (χ3n) is 4.61. The number of aromatic nitrogens is 4. The topological polar surface area (TPSA) is 107 Å². The number of nitrogens with zero attached hydrogens (tertiary/aromatic N) is 5. The second kappa shape index (κ2) is 7.01. The number of halogens is 3. The van der Waals surface area contributed by atoms with Gasteiger partial charge < -0.3 is 0 Å². The monoisotopic (exact) mass is 459 g/mol. The van der Waals surface area contributed by atoms with E-state index in [0.29, 0.717) is 11.5 Å². The van der Waals surface area contributed by atoms with E-state index in [1.165, 1.54) is 31.5 Å². The van der Waals surface area contributed by atoms with Crippen molar-refractivity contribution in [1.82, 2.24) is 19.6 Å². The van der Waals surface area contributed by atoms with Gasteiger partial charge >= 0.3 is 6.18 Å². The zero-order valence-electron chi connectivity index (χ0n) is 15.6. The smallest absolute Gasteiger partial charge is 0.251 e. The minimum atomic E-state index is -4.63. The maximum absolute atomic E-state index is 12.9. The highest BCUT2D eigenvalue weighted by Crippen LogP contribution is 2.32. The van der Waals surface area contributed by atoms with Crippen LogP contribution in [0.25, 0.3) is 17.0 Å². The van der Waals surface area contributed by atoms with Crippen molar-refractivity contribution in [1.29, 1.82) is 0 Å². The van der Waals surface area contributed by atoms with Gasteiger partial charge in [-0.05, 0) is 18.6 Å². The van der Waals surface area contributed by atoms with E-state index < -0.39 is 31.4 Å². The summed E-state index contributed by atoms with van der Waals surface area (Å²) in [5.41, 5.74) is -0.980. The Hall–Kier alpha value is -2.54. The van der Waals surface area contributed by atoms with Gasteiger partial charge in [0, 0.05) is 23.8 Å². The van der Waals surface area contributed by atoms with Gasteiger partial charge in [0.25, 0.3) is 0 Å². The first-order valence-corrected chi connectivity index (χ1v) is 12.4. The van der Waals surface area contributed by atoms with Crippen molar-refractivity contribution in [2.45, 2.75) is 24.4 Å². The van der Waals surface area contributed by atoms with Crippen molar-refractivity contribution >= 4 is 30.9 Å². The molecule has 0 aromatic carbocycles. The van der Waals surface area contributed by atoms with Gasteiger partial charge in [-0.15, -0.1) is 0 Å². The average Bonchev–Trinajstić information content (AvgIpc) is 3.10. The zero-order chi connectivity index (χ0) is 21.7. The molecule has 3 aromatic rings. The summed E-state index contributed by atoms with van der Waals surface area (Å²) in [6.45, 7) is 1.46. The minimum absolute atomic E-state index is 0.0170. The van der Waals surface area contributed by atoms with Crippen LogP contribution in [0.2, 0.25) is 0 Å². The van der Waals surface area contributed by atoms with E-state index in [4.69, 9.17) is 0 Å². The van der Waals surface area contributed by atoms with Gasteiger partial charge in [-0.3, -0.25) is 4.98 Å². The normalized spacial score (nSPS) is 16.4. The lowest BCUT2D eigenvalue weighted by molar-refractivity contribution is -0.141. The molecule has 0 N–H and O–H groups in total. The van der Waals surface area contributed by atoms with Crippen LogP contribution in [-0.2, 0) is 25.7 Å². The van der Waals surface area contributed by atoms with Crippen molar-refractivity contribution in [3.8, 4) is 11.4 Å². The second-order valence-corrected chi connectivity index (χ2v) is 11.5. The van der Waals surface area contributed by atoms with Crippen LogP contribution < -0.4 is 0 Å². The Bertz CT molecular complexity index is 1360. The first-order chi connectivity index (χ1) is 14.0. The summed E-state index contributed by atoms with van der Waals surface area (Å²) < 4.78 is 81.5. The summed E-state index contributed by atoms with van der Waals surface area (Å²) in [4.78, 5) is 8.10. The number of rotatable bonds is 4. The van der Waals surface area contributed by atoms with E-state index in [2.05, 4.69) is 19.4 Å². The van der Waals surface area contributed by atoms with Gasteiger partial charge in [-0.1, -0.05) is 6.92 Å². The minimum Gasteiger partial charge on any atom is -0.251 e. The van der Waals surface area contributed by atoms with Crippen molar-refractivity contribution in [2.75, 3.05) is 17.3 Å². The van der Waals surface area contributed by atoms with Gasteiger partial charge in [0.1, 0.15) is 5.69 Å². The lowest BCUT2D eigenvalue weighted by Gasteiger charge is -2.18. The lowest BCUT2D eigenvalue weighted by atomic mass is 10.2. The predicted molar refractivity (Wildman–Crippen MR) is 104 cm³/mol. The molecule has 0 amide bonds. The van der Waals surface area contributed by atoms with E-state index in [9.17, 15) is 25.8 Å². The molecule has 0 spiro atoms. The number of hydrogen-bond donors (Lipinski definition) is 0. The lowest BCUT2D eigenvalue weighted by Crippen LogP contribution is -2.23. The molecule has 1 aliphatic heterocycles. The summed E-state index contributed by atoms with van der Waals surface area (Å²) in [5.74, 6) is 0.671. The van der Waals surface area contributed by atoms with Gasteiger partial charge in [-0.2, -0.15) is 22.6 Å². The number of pyridine rings is 1. The molecule has 1 aliphatic rings. The third-order valence-corrected chi connectivity index (χ3v) is 8.75. The van der Waals surface area contributed by atoms with Gasteiger partial charge in [0.2, 0.25) is 0 Å². The Balaban J connectivity index is 1.87. The molecule has 1 saturated heterocycles. The number of hydrogen-bond acceptors (Lipinski definition) is 7. The Morgan fingerprint density at radius 2 is 2.00 bits per heavy atom. The average molecular weight is 459 g/mol. The molecule has 4 heterocycles. The molecule has 0 unspecified atom stereocenters. The van der Waals surface area contributed by atoms with Crippen molar-refractivity contribution in [3.05, 3.63) is 36.3 Å². The molecular weight excluding hydrogens is 443 g/mol. The number of alkyl halides is 3. The standard InChI is InChI=1S/C17H16F3N5O3S2/c1-2-30(27,28)13-8-11(24-29(26)6-3-7-29)10-21-16(13)12-4-5-25-15(22-12)9-14(23-25)17(18,19)20/h4-5,8-10H,2-3,6-7H2,1H3. The van der Waals surface area contributed by atoms with Crippen LogP contribution >= 0.6 is 0 Å². The van der Waals surface area contributed by atoms with Crippen LogP contribution in [0.5, 0.6) is 0 Å². The summed E-state index contributed by atoms with van der Waals surface area (Å²) in [7, 11) is -6.14. The molecule has 160 valence electrons. The molecule has 30 heavy (non-hydrogen) atoms. The first-order valence-electron chi connectivity index (χ1n) is 8.90. The summed E-state index contributed by atoms with van der Waals surface area (Å²) in [6, 6.07) is 3.39. The SMILES string of the molecule is CCS(=O)(=O)c1cc(N=S2(=O)CCC2)cnc1-c1ccn2nc(C(F)(F)F)cc2n1. The molecule has 4 rings (SSSR count). The van der Waals surface area contributed by atoms with Gasteiger partial charge in [-0.25, -0.2) is 22.1 Å². The first kappa shape index (κ1) is 20.7. The van der Waals surface area contributed by atoms with Gasteiger partial charge in [0.15, 0.2) is 21.2 Å². The molecule has 13 heteroatoms. The maximum Gasteiger partial charge on any atom is 0.435 e. The third kappa shape index (κ3) is 3.78. The molecule has 0 bridgehead atoms. The van der Waals surface area contributed by atoms with Crippen molar-refractivity contribution in [2.24, 2.45) is 4.36 Å². The molecule has 1 fully saturated rings. The summed E-state index contributed by atoms with van der Waals surface area (Å²) >= 11 is 0. The maximum atomic E-state index is 12.9. The fourth-order valence-electron chi connectivity index (χ4n) is 2.89. The quantitative estimate of drug-likeness (QED) is 0.594. The highest BCUT2D eigenvalue weighted by Gasteiger charge is 2.34. The van der Waals surface area contributed by atoms with Crippen LogP contribution in [0.3, 0.4) is 0 Å². The molecular formula is C17H16F3N5O3S2. The zero-order valence-corrected chi connectivity index (χ0v) is 17.3. The largest absolute Gasteiger partial charge is 0.435 e. The molecule has 0 aliphatic carbocycles. The molecule has 0 radical (unpaired) electrons. The molecule has 3 aromatic heterocycles. The van der Waals surface area contributed by atoms with Crippen LogP contribution in [0, 0.1) is 0 Å². The Morgan fingerprint density at radius 1 is 1.27 bits per heavy atom. The molecule has 8 nitrogen and oxygen atoms in total. The van der Waals surface area contributed by atoms with E-state index in [1.54, 1.807) is 0 Å². The fraction of sp³-hybridized carbons (Fsp3) is 0.353. The highest BCUT2D eigenvalue weighted by atomic mass is 32.2. The molecule has 0 atom stereocenters.